The van der Waals surface area contributed by atoms with Gasteiger partial charge in [-0.25, -0.2) is 0 Å². The molecule has 1 amide bonds. The minimum absolute atomic E-state index is 0.0639. The second-order valence-corrected chi connectivity index (χ2v) is 7.15. The number of fused-ring (bicyclic) bond motifs is 1. The Morgan fingerprint density at radius 1 is 0.885 bits per heavy atom. The molecule has 3 aromatic carbocycles. The summed E-state index contributed by atoms with van der Waals surface area (Å²) in [6.45, 7) is 0.684. The summed E-state index contributed by atoms with van der Waals surface area (Å²) in [6.07, 6.45) is 2.99. The highest BCUT2D eigenvalue weighted by Crippen LogP contribution is 2.23. The van der Waals surface area contributed by atoms with Gasteiger partial charge in [0.05, 0.1) is 10.0 Å². The monoisotopic (exact) mass is 385 g/mol. The van der Waals surface area contributed by atoms with Gasteiger partial charge in [-0.2, -0.15) is 0 Å². The van der Waals surface area contributed by atoms with E-state index in [1.54, 1.807) is 6.07 Å². The molecule has 0 fully saturated rings. The maximum atomic E-state index is 12.0. The van der Waals surface area contributed by atoms with E-state index < -0.39 is 0 Å². The van der Waals surface area contributed by atoms with Crippen LogP contribution < -0.4 is 5.32 Å². The van der Waals surface area contributed by atoms with E-state index in [1.807, 2.05) is 12.1 Å². The fraction of sp³-hybridized carbons (Fsp3) is 0.227. The fourth-order valence-electron chi connectivity index (χ4n) is 3.06. The largest absolute Gasteiger partial charge is 0.356 e. The number of amides is 1. The molecule has 0 aromatic heterocycles. The Morgan fingerprint density at radius 3 is 2.54 bits per heavy atom. The summed E-state index contributed by atoms with van der Waals surface area (Å²) in [5.74, 6) is 0.0639. The van der Waals surface area contributed by atoms with Gasteiger partial charge in [-0.3, -0.25) is 4.79 Å². The van der Waals surface area contributed by atoms with E-state index in [0.29, 0.717) is 29.4 Å². The van der Waals surface area contributed by atoms with Gasteiger partial charge in [-0.1, -0.05) is 71.7 Å². The van der Waals surface area contributed by atoms with Crippen LogP contribution in [0.5, 0.6) is 0 Å². The van der Waals surface area contributed by atoms with E-state index >= 15 is 0 Å². The van der Waals surface area contributed by atoms with Crippen molar-refractivity contribution in [2.24, 2.45) is 0 Å². The molecule has 0 saturated carbocycles. The first-order chi connectivity index (χ1) is 12.6. The Bertz CT molecular complexity index is 902. The summed E-state index contributed by atoms with van der Waals surface area (Å²) in [6, 6.07) is 20.3. The van der Waals surface area contributed by atoms with Gasteiger partial charge in [0, 0.05) is 13.0 Å². The summed E-state index contributed by atoms with van der Waals surface area (Å²) in [4.78, 5) is 12.0. The maximum Gasteiger partial charge on any atom is 0.220 e. The van der Waals surface area contributed by atoms with Gasteiger partial charge in [-0.05, 0) is 53.3 Å². The highest BCUT2D eigenvalue weighted by molar-refractivity contribution is 6.42. The predicted molar refractivity (Wildman–Crippen MR) is 110 cm³/mol. The number of rotatable bonds is 7. The first kappa shape index (κ1) is 18.8. The third-order valence-corrected chi connectivity index (χ3v) is 5.19. The number of benzene rings is 3. The van der Waals surface area contributed by atoms with E-state index in [0.717, 1.165) is 18.4 Å². The summed E-state index contributed by atoms with van der Waals surface area (Å²) in [5.41, 5.74) is 2.35. The van der Waals surface area contributed by atoms with Gasteiger partial charge in [0.1, 0.15) is 0 Å². The van der Waals surface area contributed by atoms with E-state index in [-0.39, 0.29) is 5.91 Å². The van der Waals surface area contributed by atoms with Crippen LogP contribution in [0.2, 0.25) is 10.0 Å². The van der Waals surface area contributed by atoms with Crippen LogP contribution >= 0.6 is 23.2 Å². The van der Waals surface area contributed by atoms with E-state index in [1.165, 1.54) is 16.3 Å². The quantitative estimate of drug-likeness (QED) is 0.509. The van der Waals surface area contributed by atoms with Crippen LogP contribution in [-0.4, -0.2) is 12.5 Å². The van der Waals surface area contributed by atoms with Gasteiger partial charge >= 0.3 is 0 Å². The number of carbonyl (C=O) groups excluding carboxylic acids is 1. The standard InChI is InChI=1S/C22H21Cl2NO/c23-20-12-10-16(15-21(20)24)11-13-22(26)25-14-4-8-18-7-3-6-17-5-1-2-9-19(17)18/h1-3,5-7,9-10,12,15H,4,8,11,13-14H2,(H,25,26). The molecule has 3 aromatic rings. The van der Waals surface area contributed by atoms with E-state index in [4.69, 9.17) is 23.2 Å². The molecule has 0 heterocycles. The third-order valence-electron chi connectivity index (χ3n) is 4.45. The summed E-state index contributed by atoms with van der Waals surface area (Å²) < 4.78 is 0. The summed E-state index contributed by atoms with van der Waals surface area (Å²) in [5, 5.41) is 6.61. The Labute approximate surface area is 164 Å². The van der Waals surface area contributed by atoms with Crippen LogP contribution in [0.25, 0.3) is 10.8 Å². The molecule has 4 heteroatoms. The van der Waals surface area contributed by atoms with Crippen molar-refractivity contribution in [3.8, 4) is 0 Å². The molecule has 134 valence electrons. The van der Waals surface area contributed by atoms with Crippen LogP contribution in [0, 0.1) is 0 Å². The van der Waals surface area contributed by atoms with Crippen molar-refractivity contribution in [1.82, 2.24) is 5.32 Å². The van der Waals surface area contributed by atoms with Crippen molar-refractivity contribution in [2.45, 2.75) is 25.7 Å². The number of nitrogens with one attached hydrogen (secondary N) is 1. The second-order valence-electron chi connectivity index (χ2n) is 6.34. The van der Waals surface area contributed by atoms with Crippen LogP contribution in [0.4, 0.5) is 0 Å². The Hall–Kier alpha value is -2.03. The van der Waals surface area contributed by atoms with Gasteiger partial charge < -0.3 is 5.32 Å². The third kappa shape index (κ3) is 5.00. The Kier molecular flexibility index (Phi) is 6.54. The molecule has 0 bridgehead atoms. The molecule has 0 spiro atoms. The zero-order valence-electron chi connectivity index (χ0n) is 14.5. The molecule has 3 rings (SSSR count). The molecule has 1 N–H and O–H groups in total. The van der Waals surface area contributed by atoms with Gasteiger partial charge in [0.2, 0.25) is 5.91 Å². The number of hydrogen-bond donors (Lipinski definition) is 1. The molecule has 0 aliphatic heterocycles. The molecular formula is C22H21Cl2NO. The average Bonchev–Trinajstić information content (AvgIpc) is 2.66. The normalized spacial score (nSPS) is 10.8. The lowest BCUT2D eigenvalue weighted by Crippen LogP contribution is -2.25. The molecule has 0 radical (unpaired) electrons. The number of carbonyl (C=O) groups is 1. The van der Waals surface area contributed by atoms with Gasteiger partial charge in [-0.15, -0.1) is 0 Å². The smallest absolute Gasteiger partial charge is 0.220 e. The summed E-state index contributed by atoms with van der Waals surface area (Å²) in [7, 11) is 0. The Morgan fingerprint density at radius 2 is 1.69 bits per heavy atom. The predicted octanol–water partition coefficient (Wildman–Crippen LogP) is 5.83. The fourth-order valence-corrected chi connectivity index (χ4v) is 3.38. The van der Waals surface area contributed by atoms with Crippen LogP contribution in [0.15, 0.2) is 60.7 Å². The minimum Gasteiger partial charge on any atom is -0.356 e. The molecule has 0 atom stereocenters. The average molecular weight is 386 g/mol. The van der Waals surface area contributed by atoms with Crippen molar-refractivity contribution in [1.29, 1.82) is 0 Å². The maximum absolute atomic E-state index is 12.0. The zero-order valence-corrected chi connectivity index (χ0v) is 16.0. The SMILES string of the molecule is O=C(CCc1ccc(Cl)c(Cl)c1)NCCCc1cccc2ccccc12. The van der Waals surface area contributed by atoms with Gasteiger partial charge in [0.15, 0.2) is 0 Å². The zero-order chi connectivity index (χ0) is 18.4. The first-order valence-corrected chi connectivity index (χ1v) is 9.56. The van der Waals surface area contributed by atoms with Crippen molar-refractivity contribution >= 4 is 39.9 Å². The van der Waals surface area contributed by atoms with Gasteiger partial charge in [0.25, 0.3) is 0 Å². The number of hydrogen-bond acceptors (Lipinski definition) is 1. The van der Waals surface area contributed by atoms with Crippen molar-refractivity contribution < 1.29 is 4.79 Å². The van der Waals surface area contributed by atoms with Crippen LogP contribution in [0.3, 0.4) is 0 Å². The number of halogens is 2. The molecule has 0 unspecified atom stereocenters. The first-order valence-electron chi connectivity index (χ1n) is 8.81. The van der Waals surface area contributed by atoms with Crippen molar-refractivity contribution in [2.75, 3.05) is 6.54 Å². The Balaban J connectivity index is 1.43. The number of aryl methyl sites for hydroxylation is 2. The second kappa shape index (κ2) is 9.07. The highest BCUT2D eigenvalue weighted by Gasteiger charge is 2.05. The lowest BCUT2D eigenvalue weighted by atomic mass is 10.0. The molecular weight excluding hydrogens is 365 g/mol. The van der Waals surface area contributed by atoms with Crippen LogP contribution in [0.1, 0.15) is 24.0 Å². The van der Waals surface area contributed by atoms with Crippen molar-refractivity contribution in [3.05, 3.63) is 81.8 Å². The van der Waals surface area contributed by atoms with Crippen LogP contribution in [-0.2, 0) is 17.6 Å². The van der Waals surface area contributed by atoms with Crippen molar-refractivity contribution in [3.63, 3.8) is 0 Å². The summed E-state index contributed by atoms with van der Waals surface area (Å²) >= 11 is 11.9. The topological polar surface area (TPSA) is 29.1 Å². The molecule has 0 saturated heterocycles. The lowest BCUT2D eigenvalue weighted by molar-refractivity contribution is -0.121. The van der Waals surface area contributed by atoms with E-state index in [9.17, 15) is 4.79 Å². The highest BCUT2D eigenvalue weighted by atomic mass is 35.5. The lowest BCUT2D eigenvalue weighted by Gasteiger charge is -2.08. The molecule has 0 aliphatic rings. The molecule has 2 nitrogen and oxygen atoms in total. The molecule has 26 heavy (non-hydrogen) atoms. The molecule has 0 aliphatic carbocycles. The van der Waals surface area contributed by atoms with E-state index in [2.05, 4.69) is 47.8 Å². The minimum atomic E-state index is 0.0639.